The van der Waals surface area contributed by atoms with Gasteiger partial charge < -0.3 is 10.1 Å². The van der Waals surface area contributed by atoms with Crippen molar-refractivity contribution in [1.29, 1.82) is 0 Å². The zero-order valence-corrected chi connectivity index (χ0v) is 21.1. The molecule has 1 aliphatic rings. The number of hydrogen-bond donors (Lipinski definition) is 1. The number of rotatable bonds is 7. The van der Waals surface area contributed by atoms with Crippen molar-refractivity contribution in [3.05, 3.63) is 58.0 Å². The number of aromatic nitrogens is 2. The first-order valence-electron chi connectivity index (χ1n) is 11.6. The van der Waals surface area contributed by atoms with Gasteiger partial charge in [0.25, 0.3) is 5.91 Å². The van der Waals surface area contributed by atoms with Crippen LogP contribution in [0.5, 0.6) is 5.88 Å². The number of thiophene rings is 2. The number of amides is 1. The van der Waals surface area contributed by atoms with Crippen LogP contribution in [0.15, 0.2) is 41.1 Å². The highest BCUT2D eigenvalue weighted by atomic mass is 32.1. The minimum atomic E-state index is -0.199. The quantitative estimate of drug-likeness (QED) is 0.341. The molecule has 0 radical (unpaired) electrons. The van der Waals surface area contributed by atoms with Gasteiger partial charge in [-0.1, -0.05) is 30.7 Å². The summed E-state index contributed by atoms with van der Waals surface area (Å²) in [6, 6.07) is 10.1. The summed E-state index contributed by atoms with van der Waals surface area (Å²) in [6.07, 6.45) is 3.71. The SMILES string of the molecule is Cc1cccc(C)c1NC(=O)COc1nc(CN2CCCCC2)nc2scc(-c3cccs3)c12. The molecule has 1 amide bonds. The molecule has 0 saturated carbocycles. The summed E-state index contributed by atoms with van der Waals surface area (Å²) in [6.45, 7) is 6.71. The molecule has 34 heavy (non-hydrogen) atoms. The molecular formula is C26H28N4O2S2. The van der Waals surface area contributed by atoms with Gasteiger partial charge >= 0.3 is 0 Å². The predicted octanol–water partition coefficient (Wildman–Crippen LogP) is 6.04. The van der Waals surface area contributed by atoms with Crippen molar-refractivity contribution >= 4 is 44.5 Å². The fraction of sp³-hybridized carbons (Fsp3) is 0.346. The molecule has 4 heterocycles. The van der Waals surface area contributed by atoms with Crippen LogP contribution in [0.4, 0.5) is 5.69 Å². The lowest BCUT2D eigenvalue weighted by Crippen LogP contribution is -2.30. The van der Waals surface area contributed by atoms with Crippen molar-refractivity contribution in [3.63, 3.8) is 0 Å². The summed E-state index contributed by atoms with van der Waals surface area (Å²) in [5.74, 6) is 1.03. The summed E-state index contributed by atoms with van der Waals surface area (Å²) in [7, 11) is 0. The zero-order chi connectivity index (χ0) is 23.5. The van der Waals surface area contributed by atoms with Gasteiger partial charge in [0.05, 0.1) is 11.9 Å². The van der Waals surface area contributed by atoms with Crippen molar-refractivity contribution < 1.29 is 9.53 Å². The number of ether oxygens (including phenoxy) is 1. The van der Waals surface area contributed by atoms with Crippen LogP contribution in [-0.2, 0) is 11.3 Å². The molecule has 0 aliphatic carbocycles. The van der Waals surface area contributed by atoms with Crippen LogP contribution in [0.1, 0.15) is 36.2 Å². The monoisotopic (exact) mass is 492 g/mol. The van der Waals surface area contributed by atoms with Crippen LogP contribution in [0, 0.1) is 13.8 Å². The third kappa shape index (κ3) is 4.99. The summed E-state index contributed by atoms with van der Waals surface area (Å²) >= 11 is 3.27. The van der Waals surface area contributed by atoms with E-state index in [9.17, 15) is 4.79 Å². The molecule has 6 nitrogen and oxygen atoms in total. The molecule has 176 valence electrons. The maximum atomic E-state index is 12.8. The van der Waals surface area contributed by atoms with Crippen LogP contribution in [0.3, 0.4) is 0 Å². The van der Waals surface area contributed by atoms with Crippen LogP contribution in [0.25, 0.3) is 20.7 Å². The Morgan fingerprint density at radius 3 is 2.59 bits per heavy atom. The highest BCUT2D eigenvalue weighted by Gasteiger charge is 2.20. The molecule has 5 rings (SSSR count). The second-order valence-electron chi connectivity index (χ2n) is 8.69. The molecule has 0 unspecified atom stereocenters. The topological polar surface area (TPSA) is 67.3 Å². The minimum absolute atomic E-state index is 0.108. The van der Waals surface area contributed by atoms with Crippen molar-refractivity contribution in [1.82, 2.24) is 14.9 Å². The lowest BCUT2D eigenvalue weighted by Gasteiger charge is -2.25. The van der Waals surface area contributed by atoms with E-state index in [1.807, 2.05) is 38.1 Å². The number of piperidine rings is 1. The predicted molar refractivity (Wildman–Crippen MR) is 140 cm³/mol. The highest BCUT2D eigenvalue weighted by Crippen LogP contribution is 2.40. The minimum Gasteiger partial charge on any atom is -0.467 e. The number of anilines is 1. The van der Waals surface area contributed by atoms with E-state index < -0.39 is 0 Å². The van der Waals surface area contributed by atoms with Crippen molar-refractivity contribution in [2.45, 2.75) is 39.7 Å². The van der Waals surface area contributed by atoms with Gasteiger partial charge in [-0.2, -0.15) is 4.98 Å². The second kappa shape index (κ2) is 10.2. The van der Waals surface area contributed by atoms with Gasteiger partial charge in [-0.05, 0) is 62.4 Å². The van der Waals surface area contributed by atoms with Crippen molar-refractivity contribution in [2.24, 2.45) is 0 Å². The van der Waals surface area contributed by atoms with E-state index in [0.29, 0.717) is 12.4 Å². The molecule has 1 saturated heterocycles. The summed E-state index contributed by atoms with van der Waals surface area (Å²) in [4.78, 5) is 26.9. The first-order chi connectivity index (χ1) is 16.6. The number of fused-ring (bicyclic) bond motifs is 1. The number of para-hydroxylation sites is 1. The maximum absolute atomic E-state index is 12.8. The Morgan fingerprint density at radius 2 is 1.85 bits per heavy atom. The number of nitrogens with zero attached hydrogens (tertiary/aromatic N) is 3. The van der Waals surface area contributed by atoms with Crippen LogP contribution in [0.2, 0.25) is 0 Å². The van der Waals surface area contributed by atoms with E-state index in [1.165, 1.54) is 19.3 Å². The van der Waals surface area contributed by atoms with Gasteiger partial charge in [-0.3, -0.25) is 9.69 Å². The Balaban J connectivity index is 1.42. The first-order valence-corrected chi connectivity index (χ1v) is 13.4. The maximum Gasteiger partial charge on any atom is 0.262 e. The standard InChI is InChI=1S/C26H28N4O2S2/c1-17-8-6-9-18(2)24(17)29-22(31)15-32-25-23-19(20-10-7-13-33-20)16-34-26(23)28-21(27-25)14-30-11-4-3-5-12-30/h6-10,13,16H,3-5,11-12,14-15H2,1-2H3,(H,29,31). The molecule has 3 aromatic heterocycles. The number of carbonyl (C=O) groups excluding carboxylic acids is 1. The highest BCUT2D eigenvalue weighted by molar-refractivity contribution is 7.18. The van der Waals surface area contributed by atoms with E-state index in [-0.39, 0.29) is 12.5 Å². The number of benzene rings is 1. The van der Waals surface area contributed by atoms with Gasteiger partial charge in [0.1, 0.15) is 10.7 Å². The molecule has 1 N–H and O–H groups in total. The molecule has 8 heteroatoms. The van der Waals surface area contributed by atoms with Crippen molar-refractivity contribution in [3.8, 4) is 16.3 Å². The number of aryl methyl sites for hydroxylation is 2. The van der Waals surface area contributed by atoms with Crippen LogP contribution >= 0.6 is 22.7 Å². The third-order valence-electron chi connectivity index (χ3n) is 6.13. The van der Waals surface area contributed by atoms with Gasteiger partial charge in [0, 0.05) is 21.5 Å². The van der Waals surface area contributed by atoms with Crippen molar-refractivity contribution in [2.75, 3.05) is 25.0 Å². The lowest BCUT2D eigenvalue weighted by molar-refractivity contribution is -0.118. The Kier molecular flexibility index (Phi) is 6.89. The van der Waals surface area contributed by atoms with E-state index in [0.717, 1.165) is 56.4 Å². The molecule has 1 aliphatic heterocycles. The number of hydrogen-bond acceptors (Lipinski definition) is 7. The Labute approximate surface area is 207 Å². The third-order valence-corrected chi connectivity index (χ3v) is 7.91. The molecule has 4 aromatic rings. The zero-order valence-electron chi connectivity index (χ0n) is 19.5. The Bertz CT molecular complexity index is 1270. The van der Waals surface area contributed by atoms with Crippen LogP contribution in [-0.4, -0.2) is 40.5 Å². The van der Waals surface area contributed by atoms with Gasteiger partial charge in [0.15, 0.2) is 6.61 Å². The largest absolute Gasteiger partial charge is 0.467 e. The lowest BCUT2D eigenvalue weighted by atomic mass is 10.1. The molecule has 0 atom stereocenters. The number of carbonyl (C=O) groups is 1. The van der Waals surface area contributed by atoms with Crippen LogP contribution < -0.4 is 10.1 Å². The molecule has 1 aromatic carbocycles. The average molecular weight is 493 g/mol. The fourth-order valence-corrected chi connectivity index (χ4v) is 6.15. The smallest absolute Gasteiger partial charge is 0.262 e. The molecule has 0 spiro atoms. The van der Waals surface area contributed by atoms with E-state index in [2.05, 4.69) is 27.0 Å². The molecular weight excluding hydrogens is 464 g/mol. The fourth-order valence-electron chi connectivity index (χ4n) is 4.38. The normalized spacial score (nSPS) is 14.4. The number of likely N-dealkylation sites (tertiary alicyclic amines) is 1. The van der Waals surface area contributed by atoms with Gasteiger partial charge in [0.2, 0.25) is 5.88 Å². The van der Waals surface area contributed by atoms with Gasteiger partial charge in [-0.25, -0.2) is 4.98 Å². The van der Waals surface area contributed by atoms with E-state index >= 15 is 0 Å². The Morgan fingerprint density at radius 1 is 1.06 bits per heavy atom. The number of nitrogens with one attached hydrogen (secondary N) is 1. The van der Waals surface area contributed by atoms with Gasteiger partial charge in [-0.15, -0.1) is 22.7 Å². The first kappa shape index (κ1) is 23.0. The summed E-state index contributed by atoms with van der Waals surface area (Å²) < 4.78 is 6.09. The summed E-state index contributed by atoms with van der Waals surface area (Å²) in [5.41, 5.74) is 3.95. The van der Waals surface area contributed by atoms with E-state index in [4.69, 9.17) is 14.7 Å². The Hall–Kier alpha value is -2.81. The average Bonchev–Trinajstić information content (AvgIpc) is 3.51. The second-order valence-corrected chi connectivity index (χ2v) is 10.5. The molecule has 1 fully saturated rings. The molecule has 0 bridgehead atoms. The van der Waals surface area contributed by atoms with E-state index in [1.54, 1.807) is 22.7 Å². The summed E-state index contributed by atoms with van der Waals surface area (Å²) in [5, 5.41) is 8.06.